The average Bonchev–Trinajstić information content (AvgIpc) is 4.02. The van der Waals surface area contributed by atoms with Crippen molar-refractivity contribution in [1.82, 2.24) is 29.7 Å². The summed E-state index contributed by atoms with van der Waals surface area (Å²) in [6, 6.07) is 6.78. The Bertz CT molecular complexity index is 2470. The van der Waals surface area contributed by atoms with Crippen molar-refractivity contribution in [2.24, 2.45) is 5.73 Å². The molecule has 0 bridgehead atoms. The van der Waals surface area contributed by atoms with Crippen molar-refractivity contribution in [2.75, 3.05) is 75.3 Å². The van der Waals surface area contributed by atoms with Crippen LogP contribution in [0.4, 0.5) is 17.3 Å². The van der Waals surface area contributed by atoms with Crippen molar-refractivity contribution in [3.63, 3.8) is 0 Å². The van der Waals surface area contributed by atoms with E-state index in [1.807, 2.05) is 48.9 Å². The van der Waals surface area contributed by atoms with Crippen molar-refractivity contribution >= 4 is 46.1 Å². The number of aryl methyl sites for hydroxylation is 4. The number of benzene rings is 2. The quantitative estimate of drug-likeness (QED) is 0.0723. The highest BCUT2D eigenvalue weighted by Crippen LogP contribution is 2.46. The normalized spacial score (nSPS) is 15.4. The van der Waals surface area contributed by atoms with Gasteiger partial charge in [0, 0.05) is 59.2 Å². The lowest BCUT2D eigenvalue weighted by Gasteiger charge is -2.30. The van der Waals surface area contributed by atoms with Crippen LogP contribution in [0.3, 0.4) is 0 Å². The van der Waals surface area contributed by atoms with Crippen LogP contribution in [-0.2, 0) is 30.7 Å². The summed E-state index contributed by atoms with van der Waals surface area (Å²) in [6.07, 6.45) is 4.82. The number of morpholine rings is 1. The fourth-order valence-corrected chi connectivity index (χ4v) is 7.82. The lowest BCUT2D eigenvalue weighted by atomic mass is 10.1. The summed E-state index contributed by atoms with van der Waals surface area (Å²) < 4.78 is 30.9. The molecule has 2 aliphatic rings. The molecule has 19 heteroatoms. The zero-order chi connectivity index (χ0) is 44.1. The van der Waals surface area contributed by atoms with E-state index in [1.165, 1.54) is 0 Å². The van der Waals surface area contributed by atoms with E-state index in [0.29, 0.717) is 96.0 Å². The Morgan fingerprint density at radius 2 is 1.61 bits per heavy atom. The van der Waals surface area contributed by atoms with Gasteiger partial charge in [-0.05, 0) is 49.1 Å². The van der Waals surface area contributed by atoms with Crippen LogP contribution in [0.5, 0.6) is 11.5 Å². The Hall–Kier alpha value is -6.44. The number of anilines is 3. The number of methoxy groups -OCH3 is 1. The number of fused-ring (bicyclic) bond motifs is 2. The fraction of sp³-hybridized carbons (Fsp3) is 0.442. The van der Waals surface area contributed by atoms with Gasteiger partial charge in [0.1, 0.15) is 22.7 Å². The predicted octanol–water partition coefficient (Wildman–Crippen LogP) is 3.93. The third-order valence-corrected chi connectivity index (χ3v) is 10.9. The van der Waals surface area contributed by atoms with E-state index >= 15 is 0 Å². The van der Waals surface area contributed by atoms with E-state index in [2.05, 4.69) is 25.5 Å². The van der Waals surface area contributed by atoms with Crippen LogP contribution < -0.4 is 35.6 Å². The molecule has 0 spiro atoms. The van der Waals surface area contributed by atoms with Gasteiger partial charge in [-0.3, -0.25) is 24.6 Å². The maximum absolute atomic E-state index is 13.8. The van der Waals surface area contributed by atoms with Crippen molar-refractivity contribution in [1.29, 1.82) is 0 Å². The summed E-state index contributed by atoms with van der Waals surface area (Å²) in [5.41, 5.74) is 10.0. The van der Waals surface area contributed by atoms with E-state index < -0.39 is 24.0 Å². The smallest absolute Gasteiger partial charge is 0.295 e. The van der Waals surface area contributed by atoms with Gasteiger partial charge in [0.25, 0.3) is 11.8 Å². The van der Waals surface area contributed by atoms with Gasteiger partial charge in [0.2, 0.25) is 23.4 Å². The van der Waals surface area contributed by atoms with Crippen LogP contribution in [0.1, 0.15) is 80.5 Å². The number of primary amides is 1. The van der Waals surface area contributed by atoms with E-state index in [4.69, 9.17) is 33.8 Å². The number of nitrogens with zero attached hydrogens (tertiary/aromatic N) is 7. The molecule has 1 fully saturated rings. The number of amides is 3. The molecule has 2 aromatic carbocycles. The largest absolute Gasteiger partial charge is 0.494 e. The molecule has 330 valence electrons. The number of aliphatic hydroxyl groups is 1. The fourth-order valence-electron chi connectivity index (χ4n) is 7.82. The van der Waals surface area contributed by atoms with Crippen molar-refractivity contribution in [3.05, 3.63) is 82.2 Å². The first-order valence-electron chi connectivity index (χ1n) is 20.7. The summed E-state index contributed by atoms with van der Waals surface area (Å²) in [5, 5.41) is 16.1. The van der Waals surface area contributed by atoms with Gasteiger partial charge < -0.3 is 53.6 Å². The number of imidazole rings is 1. The second-order valence-corrected chi connectivity index (χ2v) is 15.0. The van der Waals surface area contributed by atoms with Crippen LogP contribution in [-0.4, -0.2) is 114 Å². The van der Waals surface area contributed by atoms with Crippen molar-refractivity contribution in [3.8, 4) is 11.5 Å². The number of ether oxygens (including phenoxy) is 3. The molecule has 3 aromatic heterocycles. The molecule has 1 atom stereocenters. The summed E-state index contributed by atoms with van der Waals surface area (Å²) in [7, 11) is 3.40. The van der Waals surface area contributed by atoms with Crippen LogP contribution in [0, 0.1) is 13.8 Å². The first kappa shape index (κ1) is 43.6. The molecule has 0 aliphatic carbocycles. The molecule has 5 aromatic rings. The van der Waals surface area contributed by atoms with Gasteiger partial charge in [-0.1, -0.05) is 26.0 Å². The lowest BCUT2D eigenvalue weighted by molar-refractivity contribution is 0.0358. The summed E-state index contributed by atoms with van der Waals surface area (Å²) in [6.45, 7) is 11.6. The third-order valence-electron chi connectivity index (χ3n) is 10.9. The number of carbonyl (C=O) groups is 3. The molecule has 5 N–H and O–H groups in total. The second-order valence-electron chi connectivity index (χ2n) is 15.0. The van der Waals surface area contributed by atoms with Gasteiger partial charge in [-0.2, -0.15) is 0 Å². The van der Waals surface area contributed by atoms with E-state index in [0.717, 1.165) is 25.3 Å². The number of aliphatic hydroxyl groups excluding tert-OH is 1. The molecule has 2 aliphatic heterocycles. The number of oxazole rings is 2. The molecule has 1 unspecified atom stereocenters. The highest BCUT2D eigenvalue weighted by molar-refractivity contribution is 6.04. The first-order chi connectivity index (χ1) is 29.9. The first-order valence-corrected chi connectivity index (χ1v) is 20.7. The molecule has 5 heterocycles. The SMILES string of the molecule is CCc1nc(C)oc1C(=O)Nc1nc2cc(C(N)=O)cc(OCCCN3CCOCC3)c2n1C/C=C/CN1c2c(OC)cc(CO)cc2N(C)C1NC(=O)c1oc(C)nc1CC. The number of carbonyl (C=O) groups excluding carboxylic acids is 3. The van der Waals surface area contributed by atoms with Crippen LogP contribution in [0.15, 0.2) is 45.3 Å². The van der Waals surface area contributed by atoms with E-state index in [1.54, 1.807) is 43.7 Å². The Labute approximate surface area is 358 Å². The van der Waals surface area contributed by atoms with Crippen LogP contribution >= 0.6 is 0 Å². The number of rotatable bonds is 18. The standard InChI is InChI=1S/C43H54N10O9/c1-7-29-37(61-25(3)45-29)40(56)48-42-47-31-22-28(39(44)55)23-34(60-17-11-12-51-15-18-59-19-16-51)35(31)52(42)13-9-10-14-53-36-32(20-27(24-54)21-33(36)58-6)50(5)43(53)49-41(57)38-30(8-2)46-26(4)62-38/h9-10,20-23,43,54H,7-8,11-19,24H2,1-6H3,(H2,44,55)(H,49,57)(H,47,48,56)/b10-9+. The molecule has 1 saturated heterocycles. The Morgan fingerprint density at radius 3 is 2.26 bits per heavy atom. The molecule has 19 nitrogen and oxygen atoms in total. The van der Waals surface area contributed by atoms with Crippen molar-refractivity contribution < 1.29 is 42.5 Å². The topological polar surface area (TPSA) is 229 Å². The molecular weight excluding hydrogens is 801 g/mol. The highest BCUT2D eigenvalue weighted by Gasteiger charge is 2.38. The molecule has 0 radical (unpaired) electrons. The minimum atomic E-state index is -0.702. The second kappa shape index (κ2) is 19.1. The molecule has 62 heavy (non-hydrogen) atoms. The third kappa shape index (κ3) is 9.09. The number of hydrogen-bond donors (Lipinski definition) is 4. The van der Waals surface area contributed by atoms with Crippen LogP contribution in [0.2, 0.25) is 0 Å². The molecule has 0 saturated carbocycles. The maximum Gasteiger partial charge on any atom is 0.295 e. The van der Waals surface area contributed by atoms with Crippen LogP contribution in [0.25, 0.3) is 11.0 Å². The highest BCUT2D eigenvalue weighted by atomic mass is 16.5. The Morgan fingerprint density at radius 1 is 0.935 bits per heavy atom. The summed E-state index contributed by atoms with van der Waals surface area (Å²) in [5.74, 6) is 0.392. The number of aromatic nitrogens is 4. The maximum atomic E-state index is 13.8. The lowest BCUT2D eigenvalue weighted by Crippen LogP contribution is -2.54. The zero-order valence-corrected chi connectivity index (χ0v) is 35.9. The predicted molar refractivity (Wildman–Crippen MR) is 230 cm³/mol. The number of hydrogen-bond acceptors (Lipinski definition) is 15. The van der Waals surface area contributed by atoms with E-state index in [9.17, 15) is 19.5 Å². The summed E-state index contributed by atoms with van der Waals surface area (Å²) in [4.78, 5) is 59.8. The minimum absolute atomic E-state index is 0.0753. The molecule has 7 rings (SSSR count). The molecular formula is C43H54N10O9. The number of nitrogens with two attached hydrogens (primary N) is 1. The minimum Gasteiger partial charge on any atom is -0.494 e. The van der Waals surface area contributed by atoms with Gasteiger partial charge >= 0.3 is 0 Å². The van der Waals surface area contributed by atoms with E-state index in [-0.39, 0.29) is 42.7 Å². The monoisotopic (exact) mass is 854 g/mol. The number of nitrogens with one attached hydrogen (secondary N) is 2. The number of allylic oxidation sites excluding steroid dienone is 1. The summed E-state index contributed by atoms with van der Waals surface area (Å²) >= 11 is 0. The Kier molecular flexibility index (Phi) is 13.4. The Balaban J connectivity index is 1.22. The molecule has 3 amide bonds. The van der Waals surface area contributed by atoms with Gasteiger partial charge in [0.05, 0.1) is 56.1 Å². The average molecular weight is 855 g/mol. The van der Waals surface area contributed by atoms with Gasteiger partial charge in [-0.25, -0.2) is 15.0 Å². The van der Waals surface area contributed by atoms with Gasteiger partial charge in [-0.15, -0.1) is 0 Å². The van der Waals surface area contributed by atoms with Crippen molar-refractivity contribution in [2.45, 2.75) is 66.4 Å². The zero-order valence-electron chi connectivity index (χ0n) is 35.9. The van der Waals surface area contributed by atoms with Gasteiger partial charge in [0.15, 0.2) is 18.1 Å².